The Balaban J connectivity index is 2.58. The van der Waals surface area contributed by atoms with Crippen molar-refractivity contribution in [3.05, 3.63) is 24.1 Å². The Morgan fingerprint density at radius 1 is 1.86 bits per heavy atom. The van der Waals surface area contributed by atoms with Crippen molar-refractivity contribution in [1.82, 2.24) is 5.32 Å². The largest absolute Gasteiger partial charge is 0.508 e. The minimum atomic E-state index is 0.291. The van der Waals surface area contributed by atoms with E-state index in [0.717, 1.165) is 0 Å². The molecule has 0 amide bonds. The van der Waals surface area contributed by atoms with Gasteiger partial charge in [0.1, 0.15) is 5.76 Å². The van der Waals surface area contributed by atoms with Gasteiger partial charge in [0.05, 0.1) is 6.20 Å². The monoisotopic (exact) mass is 96.0 g/mol. The number of hydrogen-bond acceptors (Lipinski definition) is 2. The summed E-state index contributed by atoms with van der Waals surface area (Å²) < 4.78 is 0. The maximum absolute atomic E-state index is 8.61. The Morgan fingerprint density at radius 3 is 3.00 bits per heavy atom. The van der Waals surface area contributed by atoms with Crippen LogP contribution >= 0.6 is 0 Å². The number of nitrogens with one attached hydrogen (secondary N) is 1. The molecule has 0 atom stereocenters. The highest BCUT2D eigenvalue weighted by Gasteiger charge is 1.88. The van der Waals surface area contributed by atoms with Gasteiger partial charge < -0.3 is 10.4 Å². The first-order chi connectivity index (χ1) is 3.39. The number of rotatable bonds is 0. The van der Waals surface area contributed by atoms with E-state index < -0.39 is 0 Å². The highest BCUT2D eigenvalue weighted by Crippen LogP contribution is 1.90. The molecule has 37 valence electrons. The van der Waals surface area contributed by atoms with Crippen LogP contribution in [0.2, 0.25) is 0 Å². The molecule has 2 N–H and O–H groups in total. The fourth-order valence-corrected chi connectivity index (χ4v) is 0.398. The van der Waals surface area contributed by atoms with Crippen molar-refractivity contribution in [3.8, 4) is 0 Å². The molecule has 2 heteroatoms. The number of hydrogen-bond donors (Lipinski definition) is 2. The van der Waals surface area contributed by atoms with Crippen LogP contribution in [0, 0.1) is 6.20 Å². The lowest BCUT2D eigenvalue weighted by molar-refractivity contribution is 0.426. The molecule has 1 heterocycles. The maximum atomic E-state index is 8.61. The molecule has 1 aliphatic rings. The van der Waals surface area contributed by atoms with Crippen LogP contribution in [-0.2, 0) is 0 Å². The summed E-state index contributed by atoms with van der Waals surface area (Å²) >= 11 is 0. The van der Waals surface area contributed by atoms with Crippen molar-refractivity contribution in [2.75, 3.05) is 6.54 Å². The lowest BCUT2D eigenvalue weighted by atomic mass is 10.4. The van der Waals surface area contributed by atoms with Gasteiger partial charge in [-0.05, 0) is 6.08 Å². The minimum absolute atomic E-state index is 0.291. The first-order valence-electron chi connectivity index (χ1n) is 2.10. The zero-order valence-electron chi connectivity index (χ0n) is 3.81. The summed E-state index contributed by atoms with van der Waals surface area (Å²) in [6.07, 6.45) is 5.81. The van der Waals surface area contributed by atoms with Crippen LogP contribution in [0.15, 0.2) is 17.9 Å². The third-order valence-electron chi connectivity index (χ3n) is 0.735. The van der Waals surface area contributed by atoms with Crippen LogP contribution in [-0.4, -0.2) is 11.7 Å². The minimum Gasteiger partial charge on any atom is -0.508 e. The molecule has 1 radical (unpaired) electrons. The molecule has 0 unspecified atom stereocenters. The average Bonchev–Trinajstić information content (AvgIpc) is 1.69. The molecular weight excluding hydrogens is 90.1 g/mol. The normalized spacial score (nSPS) is 18.0. The molecule has 0 aliphatic carbocycles. The molecule has 0 saturated carbocycles. The number of dihydropyridines is 1. The summed E-state index contributed by atoms with van der Waals surface area (Å²) in [5.74, 6) is 0.291. The van der Waals surface area contributed by atoms with E-state index in [1.54, 1.807) is 6.08 Å². The van der Waals surface area contributed by atoms with E-state index in [9.17, 15) is 0 Å². The Hall–Kier alpha value is -0.920. The summed E-state index contributed by atoms with van der Waals surface area (Å²) in [5.41, 5.74) is 0. The molecule has 1 rings (SSSR count). The first kappa shape index (κ1) is 4.24. The average molecular weight is 96.1 g/mol. The molecule has 0 aromatic heterocycles. The van der Waals surface area contributed by atoms with Crippen molar-refractivity contribution in [2.24, 2.45) is 0 Å². The highest BCUT2D eigenvalue weighted by atomic mass is 16.3. The molecule has 0 fully saturated rings. The van der Waals surface area contributed by atoms with E-state index in [-0.39, 0.29) is 0 Å². The van der Waals surface area contributed by atoms with Crippen molar-refractivity contribution < 1.29 is 5.11 Å². The van der Waals surface area contributed by atoms with E-state index in [0.29, 0.717) is 12.3 Å². The highest BCUT2D eigenvalue weighted by molar-refractivity contribution is 5.11. The van der Waals surface area contributed by atoms with Crippen molar-refractivity contribution >= 4 is 0 Å². The van der Waals surface area contributed by atoms with Crippen molar-refractivity contribution in [2.45, 2.75) is 0 Å². The maximum Gasteiger partial charge on any atom is 0.115 e. The Kier molecular flexibility index (Phi) is 1.02. The van der Waals surface area contributed by atoms with E-state index in [2.05, 4.69) is 11.5 Å². The van der Waals surface area contributed by atoms with Crippen molar-refractivity contribution in [3.63, 3.8) is 0 Å². The Morgan fingerprint density at radius 2 is 2.71 bits per heavy atom. The predicted molar refractivity (Wildman–Crippen MR) is 26.5 cm³/mol. The molecule has 2 nitrogen and oxygen atoms in total. The van der Waals surface area contributed by atoms with Gasteiger partial charge in [-0.3, -0.25) is 0 Å². The Bertz CT molecular complexity index is 115. The first-order valence-corrected chi connectivity index (χ1v) is 2.10. The van der Waals surface area contributed by atoms with Gasteiger partial charge in [0.2, 0.25) is 0 Å². The molecule has 0 aromatic rings. The van der Waals surface area contributed by atoms with E-state index >= 15 is 0 Å². The molecule has 0 aromatic carbocycles. The van der Waals surface area contributed by atoms with Gasteiger partial charge in [0, 0.05) is 12.6 Å². The summed E-state index contributed by atoms with van der Waals surface area (Å²) in [5, 5.41) is 11.4. The molecule has 0 spiro atoms. The van der Waals surface area contributed by atoms with Crippen molar-refractivity contribution in [1.29, 1.82) is 0 Å². The topological polar surface area (TPSA) is 32.3 Å². The van der Waals surface area contributed by atoms with Crippen LogP contribution in [0.5, 0.6) is 0 Å². The third-order valence-corrected chi connectivity index (χ3v) is 0.735. The van der Waals surface area contributed by atoms with E-state index in [1.165, 1.54) is 6.08 Å². The second-order valence-corrected chi connectivity index (χ2v) is 1.30. The summed E-state index contributed by atoms with van der Waals surface area (Å²) in [6, 6.07) is 0. The lowest BCUT2D eigenvalue weighted by Gasteiger charge is -1.98. The molecule has 0 saturated heterocycles. The molecule has 1 aliphatic heterocycles. The van der Waals surface area contributed by atoms with Crippen LogP contribution < -0.4 is 5.32 Å². The van der Waals surface area contributed by atoms with Gasteiger partial charge in [-0.2, -0.15) is 0 Å². The Labute approximate surface area is 42.2 Å². The zero-order chi connectivity index (χ0) is 5.11. The fourth-order valence-electron chi connectivity index (χ4n) is 0.398. The summed E-state index contributed by atoms with van der Waals surface area (Å²) in [4.78, 5) is 0. The zero-order valence-corrected chi connectivity index (χ0v) is 3.81. The standard InChI is InChI=1S/C5H6NO/c7-5-1-3-6-4-2-5/h1-2,6-7H,3H2. The van der Waals surface area contributed by atoms with Crippen LogP contribution in [0.1, 0.15) is 0 Å². The molecular formula is C5H6NO. The van der Waals surface area contributed by atoms with E-state index in [1.807, 2.05) is 0 Å². The lowest BCUT2D eigenvalue weighted by Crippen LogP contribution is -2.08. The van der Waals surface area contributed by atoms with Crippen LogP contribution in [0.25, 0.3) is 0 Å². The second-order valence-electron chi connectivity index (χ2n) is 1.30. The van der Waals surface area contributed by atoms with Gasteiger partial charge in [-0.25, -0.2) is 0 Å². The van der Waals surface area contributed by atoms with E-state index in [4.69, 9.17) is 5.11 Å². The van der Waals surface area contributed by atoms with Gasteiger partial charge in [0.15, 0.2) is 0 Å². The SMILES string of the molecule is OC1=CCN[C]=C1. The molecule has 7 heavy (non-hydrogen) atoms. The number of allylic oxidation sites excluding steroid dienone is 1. The smallest absolute Gasteiger partial charge is 0.115 e. The summed E-state index contributed by atoms with van der Waals surface area (Å²) in [6.45, 7) is 0.683. The van der Waals surface area contributed by atoms with Crippen LogP contribution in [0.4, 0.5) is 0 Å². The van der Waals surface area contributed by atoms with Gasteiger partial charge in [-0.15, -0.1) is 0 Å². The third kappa shape index (κ3) is 0.961. The number of aliphatic hydroxyl groups is 1. The fraction of sp³-hybridized carbons (Fsp3) is 0.200. The summed E-state index contributed by atoms with van der Waals surface area (Å²) in [7, 11) is 0. The molecule has 0 bridgehead atoms. The van der Waals surface area contributed by atoms with Gasteiger partial charge in [-0.1, -0.05) is 0 Å². The quantitative estimate of drug-likeness (QED) is 0.456. The van der Waals surface area contributed by atoms with Gasteiger partial charge >= 0.3 is 0 Å². The van der Waals surface area contributed by atoms with Crippen LogP contribution in [0.3, 0.4) is 0 Å². The number of aliphatic hydroxyl groups excluding tert-OH is 1. The second kappa shape index (κ2) is 1.69. The predicted octanol–water partition coefficient (Wildman–Crippen LogP) is 0.348. The van der Waals surface area contributed by atoms with Gasteiger partial charge in [0.25, 0.3) is 0 Å².